The van der Waals surface area contributed by atoms with Crippen LogP contribution in [-0.4, -0.2) is 23.4 Å². The third-order valence-electron chi connectivity index (χ3n) is 13.8. The molecule has 1 fully saturated rings. The molecule has 4 heteroatoms. The number of fused-ring (bicyclic) bond motifs is 4. The molecule has 11 rings (SSSR count). The summed E-state index contributed by atoms with van der Waals surface area (Å²) in [6, 6.07) is 54.1. The van der Waals surface area contributed by atoms with E-state index >= 15 is 0 Å². The van der Waals surface area contributed by atoms with Crippen molar-refractivity contribution in [2.24, 2.45) is 11.8 Å². The SMILES string of the molecule is Cc1cc(-c2ccccc2OC[C@@H]2CCCCC2COc2ccccc2-c2cc(C)cc(-c3c4ccccc4cc4ccccc34)c2O)c(O)c(-c2c3c(cc4ccccc24)C=C=C=C3)c1. The van der Waals surface area contributed by atoms with Crippen LogP contribution in [0.3, 0.4) is 0 Å². The molecule has 0 saturated heterocycles. The summed E-state index contributed by atoms with van der Waals surface area (Å²) in [5.41, 5.74) is 17.3. The van der Waals surface area contributed by atoms with Gasteiger partial charge >= 0.3 is 0 Å². The van der Waals surface area contributed by atoms with Gasteiger partial charge in [0.2, 0.25) is 0 Å². The first-order valence-electron chi connectivity index (χ1n) is 23.2. The Kier molecular flexibility index (Phi) is 10.8. The fourth-order valence-corrected chi connectivity index (χ4v) is 10.6. The highest BCUT2D eigenvalue weighted by Gasteiger charge is 2.28. The third-order valence-corrected chi connectivity index (χ3v) is 13.8. The van der Waals surface area contributed by atoms with Crippen LogP contribution in [0, 0.1) is 25.7 Å². The van der Waals surface area contributed by atoms with E-state index in [1.54, 1.807) is 0 Å². The molecule has 9 aromatic rings. The van der Waals surface area contributed by atoms with Gasteiger partial charge in [0.25, 0.3) is 0 Å². The van der Waals surface area contributed by atoms with Crippen LogP contribution in [0.25, 0.3) is 89.0 Å². The Bertz CT molecular complexity index is 3420. The second-order valence-corrected chi connectivity index (χ2v) is 18.1. The Morgan fingerprint density at radius 3 is 1.42 bits per heavy atom. The summed E-state index contributed by atoms with van der Waals surface area (Å²) >= 11 is 0. The van der Waals surface area contributed by atoms with E-state index in [4.69, 9.17) is 9.47 Å². The summed E-state index contributed by atoms with van der Waals surface area (Å²) in [5, 5.41) is 31.3. The first-order valence-corrected chi connectivity index (χ1v) is 23.2. The lowest BCUT2D eigenvalue weighted by Gasteiger charge is -2.32. The molecule has 1 unspecified atom stereocenters. The van der Waals surface area contributed by atoms with Crippen LogP contribution in [-0.2, 0) is 0 Å². The lowest BCUT2D eigenvalue weighted by atomic mass is 9.80. The molecule has 2 atom stereocenters. The molecule has 0 amide bonds. The maximum Gasteiger partial charge on any atom is 0.131 e. The number of benzene rings is 9. The van der Waals surface area contributed by atoms with Crippen LogP contribution < -0.4 is 9.47 Å². The van der Waals surface area contributed by atoms with Gasteiger partial charge in [0, 0.05) is 44.5 Å². The molecular weight excluding hydrogens is 809 g/mol. The van der Waals surface area contributed by atoms with E-state index in [0.29, 0.717) is 13.2 Å². The van der Waals surface area contributed by atoms with E-state index in [1.165, 1.54) is 0 Å². The van der Waals surface area contributed by atoms with E-state index in [9.17, 15) is 10.2 Å². The van der Waals surface area contributed by atoms with E-state index in [0.717, 1.165) is 136 Å². The molecule has 0 heterocycles. The van der Waals surface area contributed by atoms with Crippen LogP contribution in [0.15, 0.2) is 169 Å². The van der Waals surface area contributed by atoms with Gasteiger partial charge in [-0.15, -0.1) is 0 Å². The molecule has 2 aliphatic rings. The minimum atomic E-state index is 0.224. The molecule has 0 radical (unpaired) electrons. The standard InChI is InChI=1S/C62H50O4/c1-39-31-53(61(63)55(33-39)59-47-23-9-5-17-41(47)35-42-18-6-10-24-48(42)59)51-27-13-15-29-57(51)65-37-45-21-3-4-22-46(45)38-66-58-30-16-14-28-52(58)54-32-40(2)34-56(62(54)64)60-49-25-11-7-19-43(49)36-44-20-8-12-26-50(44)60/h5-7,9-11,13-20,23-36,45-46,63-64H,3-4,21-22,37-38H2,1-2H3/t45?,46-/m0/s1. The fourth-order valence-electron chi connectivity index (χ4n) is 10.6. The molecule has 0 bridgehead atoms. The molecular formula is C62H50O4. The number of rotatable bonds is 10. The molecule has 66 heavy (non-hydrogen) atoms. The number of phenolic OH excluding ortho intramolecular Hbond substituents is 2. The number of ether oxygens (including phenoxy) is 2. The van der Waals surface area contributed by atoms with Crippen LogP contribution in [0.2, 0.25) is 0 Å². The Labute approximate surface area is 386 Å². The third kappa shape index (κ3) is 7.51. The number of hydrogen-bond acceptors (Lipinski definition) is 4. The van der Waals surface area contributed by atoms with Gasteiger partial charge in [-0.25, -0.2) is 0 Å². The van der Waals surface area contributed by atoms with Gasteiger partial charge in [-0.3, -0.25) is 0 Å². The van der Waals surface area contributed by atoms with Gasteiger partial charge in [-0.05, 0) is 154 Å². The maximum atomic E-state index is 12.3. The smallest absolute Gasteiger partial charge is 0.131 e. The van der Waals surface area contributed by atoms with Crippen molar-refractivity contribution in [2.75, 3.05) is 13.2 Å². The number of aromatic hydroxyl groups is 2. The molecule has 0 aliphatic heterocycles. The second-order valence-electron chi connectivity index (χ2n) is 18.1. The van der Waals surface area contributed by atoms with Gasteiger partial charge in [-0.2, -0.15) is 0 Å². The molecule has 9 aromatic carbocycles. The summed E-state index contributed by atoms with van der Waals surface area (Å²) < 4.78 is 13.7. The molecule has 2 N–H and O–H groups in total. The predicted octanol–water partition coefficient (Wildman–Crippen LogP) is 15.9. The minimum Gasteiger partial charge on any atom is -0.507 e. The van der Waals surface area contributed by atoms with Gasteiger partial charge in [0.05, 0.1) is 13.2 Å². The molecule has 322 valence electrons. The second kappa shape index (κ2) is 17.3. The van der Waals surface area contributed by atoms with Crippen LogP contribution in [0.1, 0.15) is 47.9 Å². The number of phenols is 2. The normalized spacial score (nSPS) is 15.4. The topological polar surface area (TPSA) is 58.9 Å². The lowest BCUT2D eigenvalue weighted by Crippen LogP contribution is -2.30. The predicted molar refractivity (Wildman–Crippen MR) is 272 cm³/mol. The van der Waals surface area contributed by atoms with Gasteiger partial charge < -0.3 is 19.7 Å². The van der Waals surface area contributed by atoms with Gasteiger partial charge in [0.15, 0.2) is 0 Å². The number of para-hydroxylation sites is 2. The van der Waals surface area contributed by atoms with Crippen molar-refractivity contribution in [2.45, 2.75) is 39.5 Å². The maximum absolute atomic E-state index is 12.3. The summed E-state index contributed by atoms with van der Waals surface area (Å²) in [5.74, 6) is 2.51. The zero-order valence-electron chi connectivity index (χ0n) is 37.3. The molecule has 2 aliphatic carbocycles. The monoisotopic (exact) mass is 858 g/mol. The minimum absolute atomic E-state index is 0.224. The van der Waals surface area contributed by atoms with Crippen LogP contribution in [0.5, 0.6) is 23.0 Å². The Hall–Kier alpha value is -7.74. The summed E-state index contributed by atoms with van der Waals surface area (Å²) in [6.07, 6.45) is 8.30. The van der Waals surface area contributed by atoms with Crippen molar-refractivity contribution in [1.82, 2.24) is 0 Å². The molecule has 0 aromatic heterocycles. The number of aryl methyl sites for hydroxylation is 2. The fraction of sp³-hybridized carbons (Fsp3) is 0.161. The van der Waals surface area contributed by atoms with Crippen molar-refractivity contribution in [3.63, 3.8) is 0 Å². The van der Waals surface area contributed by atoms with Gasteiger partial charge in [0.1, 0.15) is 23.0 Å². The zero-order chi connectivity index (χ0) is 44.7. The summed E-state index contributed by atoms with van der Waals surface area (Å²) in [4.78, 5) is 0. The first kappa shape index (κ1) is 41.0. The van der Waals surface area contributed by atoms with Gasteiger partial charge in [-0.1, -0.05) is 133 Å². The van der Waals surface area contributed by atoms with Crippen molar-refractivity contribution in [3.05, 3.63) is 191 Å². The van der Waals surface area contributed by atoms with E-state index in [-0.39, 0.29) is 23.3 Å². The highest BCUT2D eigenvalue weighted by atomic mass is 16.5. The Morgan fingerprint density at radius 2 is 0.879 bits per heavy atom. The largest absolute Gasteiger partial charge is 0.507 e. The van der Waals surface area contributed by atoms with Crippen LogP contribution >= 0.6 is 0 Å². The highest BCUT2D eigenvalue weighted by Crippen LogP contribution is 2.49. The molecule has 1 saturated carbocycles. The summed E-state index contributed by atoms with van der Waals surface area (Å²) in [7, 11) is 0. The molecule has 0 spiro atoms. The van der Waals surface area contributed by atoms with Crippen molar-refractivity contribution >= 4 is 44.5 Å². The van der Waals surface area contributed by atoms with Crippen LogP contribution in [0.4, 0.5) is 0 Å². The van der Waals surface area contributed by atoms with Crippen molar-refractivity contribution in [3.8, 4) is 67.5 Å². The Balaban J connectivity index is 0.874. The first-order chi connectivity index (χ1) is 32.4. The molecule has 4 nitrogen and oxygen atoms in total. The number of hydrogen-bond donors (Lipinski definition) is 2. The van der Waals surface area contributed by atoms with E-state index in [1.807, 2.05) is 54.6 Å². The lowest BCUT2D eigenvalue weighted by molar-refractivity contribution is 0.105. The van der Waals surface area contributed by atoms with Crippen molar-refractivity contribution < 1.29 is 19.7 Å². The average molecular weight is 859 g/mol. The van der Waals surface area contributed by atoms with Crippen molar-refractivity contribution in [1.29, 1.82) is 0 Å². The van der Waals surface area contributed by atoms with E-state index < -0.39 is 0 Å². The zero-order valence-corrected chi connectivity index (χ0v) is 37.3. The quantitative estimate of drug-likeness (QED) is 0.106. The summed E-state index contributed by atoms with van der Waals surface area (Å²) in [6.45, 7) is 5.25. The average Bonchev–Trinajstić information content (AvgIpc) is 3.35. The van der Waals surface area contributed by atoms with E-state index in [2.05, 4.69) is 141 Å². The Morgan fingerprint density at radius 1 is 0.455 bits per heavy atom. The highest BCUT2D eigenvalue weighted by molar-refractivity contribution is 6.14.